The van der Waals surface area contributed by atoms with Crippen molar-refractivity contribution >= 4 is 17.8 Å². The van der Waals surface area contributed by atoms with Gasteiger partial charge < -0.3 is 13.0 Å². The van der Waals surface area contributed by atoms with Gasteiger partial charge in [-0.3, -0.25) is 0 Å². The highest BCUT2D eigenvalue weighted by molar-refractivity contribution is 6.72. The molecule has 0 saturated heterocycles. The van der Waals surface area contributed by atoms with Gasteiger partial charge in [-0.15, -0.1) is 0 Å². The molecule has 5 heteroatoms. The lowest BCUT2D eigenvalue weighted by Crippen LogP contribution is -2.42. The molecular formula is C6H18O3Si2. The second-order valence-corrected chi connectivity index (χ2v) is 8.55. The van der Waals surface area contributed by atoms with Crippen molar-refractivity contribution in [2.45, 2.75) is 26.1 Å². The monoisotopic (exact) mass is 194 g/mol. The lowest BCUT2D eigenvalue weighted by molar-refractivity contribution is 0.263. The van der Waals surface area contributed by atoms with Gasteiger partial charge in [-0.05, 0) is 19.1 Å². The molecule has 0 N–H and O–H groups in total. The third kappa shape index (κ3) is 4.02. The van der Waals surface area contributed by atoms with E-state index in [0.29, 0.717) is 0 Å². The summed E-state index contributed by atoms with van der Waals surface area (Å²) < 4.78 is 16.2. The van der Waals surface area contributed by atoms with Crippen LogP contribution in [-0.2, 0) is 13.0 Å². The van der Waals surface area contributed by atoms with Gasteiger partial charge in [0.1, 0.15) is 0 Å². The summed E-state index contributed by atoms with van der Waals surface area (Å²) in [6, 6.07) is 0.976. The second kappa shape index (κ2) is 5.05. The van der Waals surface area contributed by atoms with Crippen molar-refractivity contribution in [3.63, 3.8) is 0 Å². The first-order valence-electron chi connectivity index (χ1n) is 3.83. The zero-order valence-corrected chi connectivity index (χ0v) is 10.2. The quantitative estimate of drug-likeness (QED) is 0.616. The minimum atomic E-state index is -1.84. The van der Waals surface area contributed by atoms with Crippen LogP contribution in [0, 0.1) is 0 Å². The van der Waals surface area contributed by atoms with E-state index in [1.54, 1.807) is 14.2 Å². The summed E-state index contributed by atoms with van der Waals surface area (Å²) in [7, 11) is 0.157. The molecule has 0 rings (SSSR count). The zero-order valence-electron chi connectivity index (χ0n) is 8.01. The smallest absolute Gasteiger partial charge is 0.325 e. The van der Waals surface area contributed by atoms with Crippen LogP contribution in [0.2, 0.25) is 19.1 Å². The summed E-state index contributed by atoms with van der Waals surface area (Å²) in [6.45, 7) is 6.17. The Balaban J connectivity index is 3.86. The molecule has 0 amide bonds. The molecular weight excluding hydrogens is 176 g/mol. The van der Waals surface area contributed by atoms with E-state index in [1.165, 1.54) is 0 Å². The van der Waals surface area contributed by atoms with E-state index in [9.17, 15) is 0 Å². The minimum absolute atomic E-state index is 0.976. The second-order valence-electron chi connectivity index (χ2n) is 2.61. The van der Waals surface area contributed by atoms with Gasteiger partial charge in [-0.25, -0.2) is 0 Å². The molecule has 1 unspecified atom stereocenters. The molecule has 3 nitrogen and oxygen atoms in total. The van der Waals surface area contributed by atoms with E-state index in [1.807, 2.05) is 6.55 Å². The van der Waals surface area contributed by atoms with Gasteiger partial charge in [0.05, 0.1) is 0 Å². The fraction of sp³-hybridized carbons (Fsp3) is 1.00. The van der Waals surface area contributed by atoms with E-state index >= 15 is 0 Å². The zero-order chi connectivity index (χ0) is 8.91. The average molecular weight is 194 g/mol. The largest absolute Gasteiger partial charge is 0.417 e. The molecule has 2 atom stereocenters. The molecule has 0 spiro atoms. The fourth-order valence-corrected chi connectivity index (χ4v) is 5.21. The Kier molecular flexibility index (Phi) is 5.19. The van der Waals surface area contributed by atoms with Crippen molar-refractivity contribution in [1.29, 1.82) is 0 Å². The maximum Gasteiger partial charge on any atom is 0.325 e. The Bertz CT molecular complexity index is 106. The van der Waals surface area contributed by atoms with Crippen molar-refractivity contribution in [3.8, 4) is 0 Å². The van der Waals surface area contributed by atoms with Crippen molar-refractivity contribution in [3.05, 3.63) is 0 Å². The minimum Gasteiger partial charge on any atom is -0.417 e. The van der Waals surface area contributed by atoms with Gasteiger partial charge in [-0.1, -0.05) is 6.92 Å². The fourth-order valence-electron chi connectivity index (χ4n) is 0.675. The predicted octanol–water partition coefficient (Wildman–Crippen LogP) is 1.24. The van der Waals surface area contributed by atoms with Gasteiger partial charge in [-0.2, -0.15) is 0 Å². The Morgan fingerprint density at radius 2 is 1.91 bits per heavy atom. The lowest BCUT2D eigenvalue weighted by Gasteiger charge is -2.26. The van der Waals surface area contributed by atoms with Crippen LogP contribution in [0.3, 0.4) is 0 Å². The van der Waals surface area contributed by atoms with Crippen LogP contribution in [0.25, 0.3) is 0 Å². The molecule has 0 saturated carbocycles. The van der Waals surface area contributed by atoms with Crippen molar-refractivity contribution < 1.29 is 13.0 Å². The van der Waals surface area contributed by atoms with E-state index in [-0.39, 0.29) is 0 Å². The Morgan fingerprint density at radius 3 is 2.18 bits per heavy atom. The third-order valence-corrected chi connectivity index (χ3v) is 7.96. The predicted molar refractivity (Wildman–Crippen MR) is 50.2 cm³/mol. The van der Waals surface area contributed by atoms with Gasteiger partial charge in [0.25, 0.3) is 0 Å². The normalized spacial score (nSPS) is 19.4. The molecule has 0 radical (unpaired) electrons. The molecule has 0 aromatic rings. The number of hydrogen-bond acceptors (Lipinski definition) is 3. The highest BCUT2D eigenvalue weighted by Crippen LogP contribution is 2.12. The maximum atomic E-state index is 5.72. The highest BCUT2D eigenvalue weighted by atomic mass is 28.4. The maximum absolute atomic E-state index is 5.72. The van der Waals surface area contributed by atoms with Gasteiger partial charge in [0.15, 0.2) is 0 Å². The standard InChI is InChI=1S/C6H18O3Si2/c1-6-11(5,8-3)9-10(4)7-2/h10H,6H2,1-5H3/t10?,11-/m0/s1. The average Bonchev–Trinajstić information content (AvgIpc) is 2.04. The first-order valence-corrected chi connectivity index (χ1v) is 8.46. The Labute approximate surface area is 71.8 Å². The van der Waals surface area contributed by atoms with Crippen molar-refractivity contribution in [1.82, 2.24) is 0 Å². The Hall–Kier alpha value is 0.314. The molecule has 0 aliphatic rings. The van der Waals surface area contributed by atoms with Crippen molar-refractivity contribution in [2.75, 3.05) is 14.2 Å². The number of rotatable bonds is 5. The summed E-state index contributed by atoms with van der Waals surface area (Å²) in [4.78, 5) is 0. The molecule has 0 aromatic heterocycles. The van der Waals surface area contributed by atoms with Crippen LogP contribution in [-0.4, -0.2) is 32.1 Å². The first-order chi connectivity index (χ1) is 5.08. The van der Waals surface area contributed by atoms with E-state index in [4.69, 9.17) is 13.0 Å². The SMILES string of the molecule is CC[Si@@](C)(OC)O[SiH](C)OC. The first kappa shape index (κ1) is 11.3. The highest BCUT2D eigenvalue weighted by Gasteiger charge is 2.29. The van der Waals surface area contributed by atoms with Gasteiger partial charge in [0.2, 0.25) is 0 Å². The van der Waals surface area contributed by atoms with Crippen LogP contribution < -0.4 is 0 Å². The molecule has 0 heterocycles. The summed E-state index contributed by atoms with van der Waals surface area (Å²) in [5.41, 5.74) is 0. The van der Waals surface area contributed by atoms with E-state index < -0.39 is 17.8 Å². The van der Waals surface area contributed by atoms with E-state index in [0.717, 1.165) is 6.04 Å². The lowest BCUT2D eigenvalue weighted by atomic mass is 11.0. The Morgan fingerprint density at radius 1 is 1.36 bits per heavy atom. The molecule has 0 aliphatic heterocycles. The molecule has 0 aliphatic carbocycles. The van der Waals surface area contributed by atoms with E-state index in [2.05, 4.69) is 13.5 Å². The summed E-state index contributed by atoms with van der Waals surface area (Å²) in [5, 5.41) is 0. The molecule has 0 bridgehead atoms. The molecule has 68 valence electrons. The molecule has 0 fully saturated rings. The van der Waals surface area contributed by atoms with Gasteiger partial charge >= 0.3 is 17.8 Å². The third-order valence-electron chi connectivity index (χ3n) is 1.82. The van der Waals surface area contributed by atoms with Crippen LogP contribution in [0.5, 0.6) is 0 Å². The van der Waals surface area contributed by atoms with Crippen LogP contribution in [0.15, 0.2) is 0 Å². The number of hydrogen-bond donors (Lipinski definition) is 0. The van der Waals surface area contributed by atoms with Crippen LogP contribution in [0.1, 0.15) is 6.92 Å². The summed E-state index contributed by atoms with van der Waals surface area (Å²) in [6.07, 6.45) is 0. The van der Waals surface area contributed by atoms with Crippen LogP contribution >= 0.6 is 0 Å². The van der Waals surface area contributed by atoms with Crippen LogP contribution in [0.4, 0.5) is 0 Å². The molecule has 0 aromatic carbocycles. The summed E-state index contributed by atoms with van der Waals surface area (Å²) in [5.74, 6) is 0. The van der Waals surface area contributed by atoms with Crippen molar-refractivity contribution in [2.24, 2.45) is 0 Å². The van der Waals surface area contributed by atoms with Gasteiger partial charge in [0, 0.05) is 14.2 Å². The summed E-state index contributed by atoms with van der Waals surface area (Å²) >= 11 is 0. The topological polar surface area (TPSA) is 27.7 Å². The molecule has 11 heavy (non-hydrogen) atoms.